The van der Waals surface area contributed by atoms with E-state index in [0.717, 1.165) is 18.7 Å². The van der Waals surface area contributed by atoms with Crippen LogP contribution >= 0.6 is 0 Å². The lowest BCUT2D eigenvalue weighted by Crippen LogP contribution is -2.48. The van der Waals surface area contributed by atoms with Crippen molar-refractivity contribution in [3.05, 3.63) is 36.2 Å². The highest BCUT2D eigenvalue weighted by Gasteiger charge is 2.58. The molecule has 31 heavy (non-hydrogen) atoms. The van der Waals surface area contributed by atoms with E-state index >= 15 is 0 Å². The molecule has 5 rings (SSSR count). The summed E-state index contributed by atoms with van der Waals surface area (Å²) in [5, 5.41) is 5.04. The summed E-state index contributed by atoms with van der Waals surface area (Å²) in [6.45, 7) is 1.40. The minimum absolute atomic E-state index is 0.0127. The van der Waals surface area contributed by atoms with Gasteiger partial charge in [-0.25, -0.2) is 23.5 Å². The SMILES string of the molecule is COc1ccnc(NC(=O)N2c3nc(C(=O)NC4CC4(F)F)ccc3N3CCC2C3)c1. The zero-order valence-electron chi connectivity index (χ0n) is 16.6. The predicted molar refractivity (Wildman–Crippen MR) is 108 cm³/mol. The second kappa shape index (κ2) is 7.03. The fraction of sp³-hybridized carbons (Fsp3) is 0.400. The van der Waals surface area contributed by atoms with Crippen molar-refractivity contribution >= 4 is 29.3 Å². The topological polar surface area (TPSA) is 99.7 Å². The van der Waals surface area contributed by atoms with Gasteiger partial charge in [-0.15, -0.1) is 0 Å². The zero-order valence-corrected chi connectivity index (χ0v) is 16.6. The van der Waals surface area contributed by atoms with Crippen LogP contribution < -0.4 is 25.2 Å². The Bertz CT molecular complexity index is 1060. The Hall–Kier alpha value is -3.50. The van der Waals surface area contributed by atoms with Gasteiger partial charge in [0.1, 0.15) is 17.3 Å². The van der Waals surface area contributed by atoms with Gasteiger partial charge in [0.2, 0.25) is 0 Å². The standard InChI is InChI=1S/C20H20F2N6O3/c1-31-12-4-6-23-16(8-12)26-19(30)28-11-5-7-27(10-11)14-3-2-13(24-17(14)28)18(29)25-15-9-20(15,21)22/h2-4,6,8,11,15H,5,7,9-10H2,1H3,(H,25,29)(H,23,26,30). The number of carbonyl (C=O) groups is 2. The number of pyridine rings is 2. The number of hydrogen-bond acceptors (Lipinski definition) is 6. The summed E-state index contributed by atoms with van der Waals surface area (Å²) in [5.41, 5.74) is 0.706. The molecule has 1 saturated heterocycles. The van der Waals surface area contributed by atoms with Crippen LogP contribution in [-0.2, 0) is 0 Å². The monoisotopic (exact) mass is 430 g/mol. The maximum Gasteiger partial charge on any atom is 0.329 e. The molecule has 0 aromatic carbocycles. The van der Waals surface area contributed by atoms with Crippen LogP contribution in [0.25, 0.3) is 0 Å². The Kier molecular flexibility index (Phi) is 4.42. The molecule has 3 aliphatic rings. The Labute approximate surface area is 176 Å². The van der Waals surface area contributed by atoms with Crippen LogP contribution in [-0.4, -0.2) is 60.1 Å². The number of amides is 3. The molecule has 2 unspecified atom stereocenters. The summed E-state index contributed by atoms with van der Waals surface area (Å²) < 4.78 is 31.5. The summed E-state index contributed by atoms with van der Waals surface area (Å²) in [4.78, 5) is 37.7. The van der Waals surface area contributed by atoms with Crippen molar-refractivity contribution in [2.75, 3.05) is 35.3 Å². The molecule has 2 aromatic rings. The van der Waals surface area contributed by atoms with Crippen molar-refractivity contribution < 1.29 is 23.1 Å². The third-order valence-electron chi connectivity index (χ3n) is 5.74. The van der Waals surface area contributed by atoms with E-state index < -0.39 is 23.9 Å². The van der Waals surface area contributed by atoms with Gasteiger partial charge in [-0.1, -0.05) is 0 Å². The summed E-state index contributed by atoms with van der Waals surface area (Å²) in [6, 6.07) is 4.72. The van der Waals surface area contributed by atoms with Crippen molar-refractivity contribution in [3.8, 4) is 5.75 Å². The molecular formula is C20H20F2N6O3. The highest BCUT2D eigenvalue weighted by Crippen LogP contribution is 2.42. The molecule has 2 fully saturated rings. The van der Waals surface area contributed by atoms with Crippen LogP contribution in [0.4, 0.5) is 30.9 Å². The van der Waals surface area contributed by atoms with Crippen LogP contribution in [0.15, 0.2) is 30.5 Å². The molecule has 2 aromatic heterocycles. The highest BCUT2D eigenvalue weighted by molar-refractivity contribution is 6.05. The molecule has 1 aliphatic carbocycles. The van der Waals surface area contributed by atoms with Crippen molar-refractivity contribution in [1.82, 2.24) is 15.3 Å². The Morgan fingerprint density at radius 2 is 2.10 bits per heavy atom. The third kappa shape index (κ3) is 3.49. The maximum absolute atomic E-state index is 13.2. The molecule has 3 amide bonds. The lowest BCUT2D eigenvalue weighted by atomic mass is 10.1. The molecule has 11 heteroatoms. The number of urea groups is 1. The summed E-state index contributed by atoms with van der Waals surface area (Å²) in [5.74, 6) is -2.37. The number of hydrogen-bond donors (Lipinski definition) is 2. The number of ether oxygens (including phenoxy) is 1. The van der Waals surface area contributed by atoms with Gasteiger partial charge in [0.25, 0.3) is 11.8 Å². The van der Waals surface area contributed by atoms with E-state index in [-0.39, 0.29) is 18.2 Å². The van der Waals surface area contributed by atoms with Crippen LogP contribution in [0.3, 0.4) is 0 Å². The molecule has 1 saturated carbocycles. The molecule has 2 N–H and O–H groups in total. The van der Waals surface area contributed by atoms with E-state index in [1.807, 2.05) is 0 Å². The summed E-state index contributed by atoms with van der Waals surface area (Å²) >= 11 is 0. The molecule has 2 aliphatic heterocycles. The number of anilines is 3. The first-order valence-electron chi connectivity index (χ1n) is 9.90. The molecule has 9 nitrogen and oxygen atoms in total. The lowest BCUT2D eigenvalue weighted by molar-refractivity contribution is 0.0845. The maximum atomic E-state index is 13.2. The number of nitrogens with one attached hydrogen (secondary N) is 2. The van der Waals surface area contributed by atoms with Gasteiger partial charge in [-0.2, -0.15) is 0 Å². The molecule has 2 atom stereocenters. The molecule has 0 radical (unpaired) electrons. The number of rotatable bonds is 4. The average molecular weight is 430 g/mol. The highest BCUT2D eigenvalue weighted by atomic mass is 19.3. The van der Waals surface area contributed by atoms with Gasteiger partial charge < -0.3 is 15.0 Å². The van der Waals surface area contributed by atoms with E-state index in [1.165, 1.54) is 24.3 Å². The number of fused-ring (bicyclic) bond motifs is 4. The van der Waals surface area contributed by atoms with E-state index in [4.69, 9.17) is 4.74 Å². The van der Waals surface area contributed by atoms with Crippen LogP contribution in [0.1, 0.15) is 23.3 Å². The number of carbonyl (C=O) groups excluding carboxylic acids is 2. The van der Waals surface area contributed by atoms with E-state index in [1.54, 1.807) is 18.2 Å². The normalized spacial score (nSPS) is 22.5. The van der Waals surface area contributed by atoms with Gasteiger partial charge in [0.05, 0.1) is 24.9 Å². The van der Waals surface area contributed by atoms with Crippen molar-refractivity contribution in [1.29, 1.82) is 0 Å². The van der Waals surface area contributed by atoms with Crippen molar-refractivity contribution in [3.63, 3.8) is 0 Å². The number of nitrogens with zero attached hydrogens (tertiary/aromatic N) is 4. The van der Waals surface area contributed by atoms with Crippen LogP contribution in [0, 0.1) is 0 Å². The number of aromatic nitrogens is 2. The second-order valence-corrected chi connectivity index (χ2v) is 7.80. The van der Waals surface area contributed by atoms with Gasteiger partial charge >= 0.3 is 6.03 Å². The van der Waals surface area contributed by atoms with Crippen molar-refractivity contribution in [2.45, 2.75) is 30.8 Å². The minimum Gasteiger partial charge on any atom is -0.497 e. The van der Waals surface area contributed by atoms with E-state index in [0.29, 0.717) is 23.9 Å². The minimum atomic E-state index is -2.87. The molecule has 2 bridgehead atoms. The lowest BCUT2D eigenvalue weighted by Gasteiger charge is -2.35. The van der Waals surface area contributed by atoms with Crippen LogP contribution in [0.5, 0.6) is 5.75 Å². The first-order chi connectivity index (χ1) is 14.9. The molecule has 162 valence electrons. The van der Waals surface area contributed by atoms with E-state index in [2.05, 4.69) is 25.5 Å². The van der Waals surface area contributed by atoms with Gasteiger partial charge in [0, 0.05) is 31.8 Å². The van der Waals surface area contributed by atoms with Gasteiger partial charge in [-0.3, -0.25) is 15.0 Å². The largest absolute Gasteiger partial charge is 0.497 e. The molecule has 0 spiro atoms. The third-order valence-corrected chi connectivity index (χ3v) is 5.74. The zero-order chi connectivity index (χ0) is 21.8. The van der Waals surface area contributed by atoms with E-state index in [9.17, 15) is 18.4 Å². The summed E-state index contributed by atoms with van der Waals surface area (Å²) in [6.07, 6.45) is 1.89. The van der Waals surface area contributed by atoms with Gasteiger partial charge in [0.15, 0.2) is 5.82 Å². The second-order valence-electron chi connectivity index (χ2n) is 7.80. The fourth-order valence-corrected chi connectivity index (χ4v) is 3.98. The number of alkyl halides is 2. The fourth-order valence-electron chi connectivity index (χ4n) is 3.98. The van der Waals surface area contributed by atoms with Gasteiger partial charge in [-0.05, 0) is 24.6 Å². The predicted octanol–water partition coefficient (Wildman–Crippen LogP) is 2.25. The van der Waals surface area contributed by atoms with Crippen molar-refractivity contribution in [2.24, 2.45) is 0 Å². The average Bonchev–Trinajstić information content (AvgIpc) is 3.15. The molecular weight excluding hydrogens is 410 g/mol. The number of halogens is 2. The Balaban J connectivity index is 1.42. The Morgan fingerprint density at radius 3 is 2.84 bits per heavy atom. The molecule has 4 heterocycles. The summed E-state index contributed by atoms with van der Waals surface area (Å²) in [7, 11) is 1.52. The first kappa shape index (κ1) is 19.5. The first-order valence-corrected chi connectivity index (χ1v) is 9.90. The van der Waals surface area contributed by atoms with Crippen LogP contribution in [0.2, 0.25) is 0 Å². The Morgan fingerprint density at radius 1 is 1.29 bits per heavy atom. The smallest absolute Gasteiger partial charge is 0.329 e. The quantitative estimate of drug-likeness (QED) is 0.772. The number of methoxy groups -OCH3 is 1.